The van der Waals surface area contributed by atoms with Gasteiger partial charge in [0.05, 0.1) is 53.2 Å². The van der Waals surface area contributed by atoms with Crippen LogP contribution in [-0.2, 0) is 22.3 Å². The van der Waals surface area contributed by atoms with E-state index in [1.807, 2.05) is 0 Å². The van der Waals surface area contributed by atoms with Crippen LogP contribution in [0.5, 0.6) is 0 Å². The van der Waals surface area contributed by atoms with E-state index < -0.39 is 34.8 Å². The van der Waals surface area contributed by atoms with Crippen LogP contribution in [0.3, 0.4) is 0 Å². The number of hydrogen-bond acceptors (Lipinski definition) is 7. The summed E-state index contributed by atoms with van der Waals surface area (Å²) < 4.78 is 59.7. The van der Waals surface area contributed by atoms with E-state index in [9.17, 15) is 27.2 Å². The van der Waals surface area contributed by atoms with E-state index in [0.717, 1.165) is 18.3 Å². The number of alkyl halides is 3. The van der Waals surface area contributed by atoms with E-state index in [2.05, 4.69) is 25.6 Å². The summed E-state index contributed by atoms with van der Waals surface area (Å²) >= 11 is 0. The first-order valence-corrected chi connectivity index (χ1v) is 11.3. The number of rotatable bonds is 7. The minimum absolute atomic E-state index is 0.00313. The predicted molar refractivity (Wildman–Crippen MR) is 130 cm³/mol. The molecular formula is C25H22F4N6O3. The van der Waals surface area contributed by atoms with E-state index in [1.54, 1.807) is 0 Å². The molecule has 2 amide bonds. The minimum atomic E-state index is -4.60. The van der Waals surface area contributed by atoms with Crippen molar-refractivity contribution in [1.29, 1.82) is 0 Å². The number of aromatic nitrogens is 2. The van der Waals surface area contributed by atoms with Gasteiger partial charge in [-0.1, -0.05) is 12.1 Å². The van der Waals surface area contributed by atoms with Crippen molar-refractivity contribution in [3.05, 3.63) is 77.6 Å². The number of nitrogen functional groups attached to an aromatic ring is 1. The lowest BCUT2D eigenvalue weighted by atomic mass is 9.87. The third kappa shape index (κ3) is 6.11. The van der Waals surface area contributed by atoms with Crippen LogP contribution >= 0.6 is 0 Å². The Morgan fingerprint density at radius 2 is 1.97 bits per heavy atom. The second-order valence-electron chi connectivity index (χ2n) is 8.53. The van der Waals surface area contributed by atoms with Gasteiger partial charge in [-0.3, -0.25) is 19.6 Å². The fraction of sp³-hybridized carbons (Fsp3) is 0.240. The number of carbonyl (C=O) groups is 2. The van der Waals surface area contributed by atoms with Gasteiger partial charge in [-0.25, -0.2) is 9.38 Å². The maximum absolute atomic E-state index is 14.7. The number of para-hydroxylation sites is 1. The van der Waals surface area contributed by atoms with Crippen LogP contribution in [-0.4, -0.2) is 41.2 Å². The number of anilines is 3. The number of aliphatic imine (C=N–C) groups is 1. The summed E-state index contributed by atoms with van der Waals surface area (Å²) in [6, 6.07) is 7.16. The Balaban J connectivity index is 1.43. The highest BCUT2D eigenvalue weighted by atomic mass is 19.4. The van der Waals surface area contributed by atoms with E-state index in [-0.39, 0.29) is 54.5 Å². The van der Waals surface area contributed by atoms with E-state index >= 15 is 0 Å². The second kappa shape index (κ2) is 10.9. The number of ether oxygens (including phenoxy) is 1. The average Bonchev–Trinajstić information content (AvgIpc) is 3.37. The molecule has 9 nitrogen and oxygen atoms in total. The van der Waals surface area contributed by atoms with Crippen LogP contribution in [0.4, 0.5) is 34.6 Å². The molecule has 13 heteroatoms. The van der Waals surface area contributed by atoms with Gasteiger partial charge in [-0.2, -0.15) is 13.2 Å². The Bertz CT molecular complexity index is 1370. The van der Waals surface area contributed by atoms with Crippen LogP contribution < -0.4 is 16.4 Å². The molecule has 0 unspecified atom stereocenters. The maximum Gasteiger partial charge on any atom is 0.418 e. The molecule has 3 aromatic rings. The van der Waals surface area contributed by atoms with Gasteiger partial charge in [0.1, 0.15) is 11.2 Å². The summed E-state index contributed by atoms with van der Waals surface area (Å²) in [6.45, 7) is -0.102. The number of hydrogen-bond donors (Lipinski definition) is 3. The van der Waals surface area contributed by atoms with Crippen LogP contribution in [0.15, 0.2) is 60.0 Å². The molecule has 3 heterocycles. The molecule has 0 aliphatic carbocycles. The molecule has 0 radical (unpaired) electrons. The van der Waals surface area contributed by atoms with Crippen molar-refractivity contribution in [2.24, 2.45) is 10.4 Å². The lowest BCUT2D eigenvalue weighted by Crippen LogP contribution is -2.43. The Morgan fingerprint density at radius 3 is 2.66 bits per heavy atom. The molecule has 0 bridgehead atoms. The van der Waals surface area contributed by atoms with Gasteiger partial charge in [0.25, 0.3) is 5.91 Å². The van der Waals surface area contributed by atoms with Gasteiger partial charge in [0.15, 0.2) is 0 Å². The summed E-state index contributed by atoms with van der Waals surface area (Å²) in [7, 11) is 0. The van der Waals surface area contributed by atoms with Crippen molar-refractivity contribution >= 4 is 35.1 Å². The van der Waals surface area contributed by atoms with Crippen molar-refractivity contribution in [3.8, 4) is 0 Å². The maximum atomic E-state index is 14.7. The van der Waals surface area contributed by atoms with Gasteiger partial charge in [0, 0.05) is 31.3 Å². The molecule has 4 rings (SSSR count). The molecule has 1 aromatic carbocycles. The Morgan fingerprint density at radius 1 is 1.18 bits per heavy atom. The molecular weight excluding hydrogens is 508 g/mol. The molecule has 1 aliphatic heterocycles. The highest BCUT2D eigenvalue weighted by molar-refractivity contribution is 6.05. The van der Waals surface area contributed by atoms with Crippen LogP contribution in [0.1, 0.15) is 28.0 Å². The lowest BCUT2D eigenvalue weighted by molar-refractivity contribution is -0.137. The predicted octanol–water partition coefficient (Wildman–Crippen LogP) is 3.89. The van der Waals surface area contributed by atoms with E-state index in [1.165, 1.54) is 42.9 Å². The van der Waals surface area contributed by atoms with Crippen molar-refractivity contribution in [3.63, 3.8) is 0 Å². The van der Waals surface area contributed by atoms with Gasteiger partial charge in [0.2, 0.25) is 5.91 Å². The number of benzene rings is 1. The first kappa shape index (κ1) is 26.7. The Hall–Kier alpha value is -4.39. The van der Waals surface area contributed by atoms with Gasteiger partial charge < -0.3 is 21.1 Å². The monoisotopic (exact) mass is 530 g/mol. The van der Waals surface area contributed by atoms with E-state index in [0.29, 0.717) is 0 Å². The molecule has 1 saturated heterocycles. The van der Waals surface area contributed by atoms with Crippen LogP contribution in [0, 0.1) is 11.2 Å². The molecule has 0 saturated carbocycles. The van der Waals surface area contributed by atoms with Crippen molar-refractivity contribution in [1.82, 2.24) is 15.3 Å². The molecule has 2 aromatic heterocycles. The fourth-order valence-corrected chi connectivity index (χ4v) is 3.75. The highest BCUT2D eigenvalue weighted by Crippen LogP contribution is 2.36. The normalized spacial score (nSPS) is 17.5. The highest BCUT2D eigenvalue weighted by Gasteiger charge is 2.41. The topological polar surface area (TPSA) is 132 Å². The van der Waals surface area contributed by atoms with Crippen molar-refractivity contribution in [2.75, 3.05) is 24.3 Å². The number of halogens is 4. The molecule has 1 aliphatic rings. The standard InChI is InChI=1S/C25H22F4N6O3/c26-19-8-17(35-20-4-2-1-3-18(20)25(27,28)29)11-32-21(19)12-33-23(37)24(5-6-38-14-24)13-34-22(36)15-7-16(30)10-31-9-15/h1-4,7-11,13,35H,5-6,12,14,30H2,(H,33,37)/t24-/m0/s1. The number of carbonyl (C=O) groups excluding carboxylic acids is 2. The van der Waals surface area contributed by atoms with Gasteiger partial charge >= 0.3 is 6.18 Å². The second-order valence-corrected chi connectivity index (χ2v) is 8.53. The quantitative estimate of drug-likeness (QED) is 0.312. The van der Waals surface area contributed by atoms with E-state index in [4.69, 9.17) is 10.5 Å². The number of nitrogens with zero attached hydrogens (tertiary/aromatic N) is 3. The third-order valence-corrected chi connectivity index (χ3v) is 5.78. The Kier molecular flexibility index (Phi) is 7.67. The summed E-state index contributed by atoms with van der Waals surface area (Å²) in [5.41, 5.74) is 3.49. The zero-order valence-electron chi connectivity index (χ0n) is 19.8. The zero-order chi connectivity index (χ0) is 27.3. The number of nitrogens with one attached hydrogen (secondary N) is 2. The SMILES string of the molecule is Nc1cncc(C(=O)N=C[C@@]2(C(=O)NCc3ncc(Nc4ccccc4C(F)(F)F)cc3F)CCOC2)c1. The number of nitrogens with two attached hydrogens (primary N) is 1. The minimum Gasteiger partial charge on any atom is -0.397 e. The molecule has 198 valence electrons. The van der Waals surface area contributed by atoms with Crippen molar-refractivity contribution < 1.29 is 31.9 Å². The molecule has 1 atom stereocenters. The zero-order valence-corrected chi connectivity index (χ0v) is 19.8. The summed E-state index contributed by atoms with van der Waals surface area (Å²) in [5.74, 6) is -2.04. The molecule has 4 N–H and O–H groups in total. The van der Waals surface area contributed by atoms with Crippen LogP contribution in [0.2, 0.25) is 0 Å². The summed E-state index contributed by atoms with van der Waals surface area (Å²) in [4.78, 5) is 37.0. The third-order valence-electron chi connectivity index (χ3n) is 5.78. The first-order valence-electron chi connectivity index (χ1n) is 11.3. The number of amides is 2. The fourth-order valence-electron chi connectivity index (χ4n) is 3.75. The Labute approximate surface area is 214 Å². The molecule has 38 heavy (non-hydrogen) atoms. The smallest absolute Gasteiger partial charge is 0.397 e. The number of pyridine rings is 2. The lowest BCUT2D eigenvalue weighted by Gasteiger charge is -2.21. The summed E-state index contributed by atoms with van der Waals surface area (Å²) in [5, 5.41) is 5.09. The largest absolute Gasteiger partial charge is 0.418 e. The molecule has 0 spiro atoms. The van der Waals surface area contributed by atoms with Gasteiger partial charge in [-0.05, 0) is 24.6 Å². The molecule has 1 fully saturated rings. The van der Waals surface area contributed by atoms with Crippen molar-refractivity contribution in [2.45, 2.75) is 19.1 Å². The first-order chi connectivity index (χ1) is 18.1. The van der Waals surface area contributed by atoms with Gasteiger partial charge in [-0.15, -0.1) is 0 Å². The average molecular weight is 530 g/mol. The summed E-state index contributed by atoms with van der Waals surface area (Å²) in [6.07, 6.45) is 0.669. The van der Waals surface area contributed by atoms with Crippen LogP contribution in [0.25, 0.3) is 0 Å².